The van der Waals surface area contributed by atoms with Crippen LogP contribution in [0.2, 0.25) is 0 Å². The summed E-state index contributed by atoms with van der Waals surface area (Å²) in [5.74, 6) is 0.451. The Morgan fingerprint density at radius 3 is 2.65 bits per heavy atom. The van der Waals surface area contributed by atoms with Crippen LogP contribution in [0.3, 0.4) is 0 Å². The Morgan fingerprint density at radius 1 is 1.20 bits per heavy atom. The highest BCUT2D eigenvalue weighted by Crippen LogP contribution is 2.32. The van der Waals surface area contributed by atoms with E-state index >= 15 is 0 Å². The van der Waals surface area contributed by atoms with Crippen molar-refractivity contribution in [2.45, 2.75) is 51.2 Å². The van der Waals surface area contributed by atoms with Crippen molar-refractivity contribution < 1.29 is 13.2 Å². The third kappa shape index (κ3) is 3.98. The number of hydrogen-bond donors (Lipinski definition) is 1. The van der Waals surface area contributed by atoms with E-state index in [9.17, 15) is 13.2 Å². The standard InChI is InChI=1S/C16H22F3N/c1-2-20-15-9-4-3-7-13(15)10-12-6-5-8-14(11-12)16(17,18)19/h5-6,8,11,13,15,20H,2-4,7,9-10H2,1H3. The lowest BCUT2D eigenvalue weighted by molar-refractivity contribution is -0.137. The SMILES string of the molecule is CCNC1CCCCC1Cc1cccc(C(F)(F)F)c1. The van der Waals surface area contributed by atoms with Crippen LogP contribution in [0.25, 0.3) is 0 Å². The average Bonchev–Trinajstić information content (AvgIpc) is 2.41. The largest absolute Gasteiger partial charge is 0.416 e. The maximum atomic E-state index is 12.7. The van der Waals surface area contributed by atoms with Gasteiger partial charge in [0.05, 0.1) is 5.56 Å². The second-order valence-corrected chi connectivity index (χ2v) is 5.61. The van der Waals surface area contributed by atoms with Gasteiger partial charge >= 0.3 is 6.18 Å². The first kappa shape index (κ1) is 15.4. The van der Waals surface area contributed by atoms with E-state index in [0.717, 1.165) is 37.4 Å². The number of rotatable bonds is 4. The third-order valence-electron chi connectivity index (χ3n) is 4.13. The molecule has 1 aromatic carbocycles. The van der Waals surface area contributed by atoms with Crippen molar-refractivity contribution in [1.29, 1.82) is 0 Å². The molecule has 2 rings (SSSR count). The zero-order valence-corrected chi connectivity index (χ0v) is 11.8. The molecule has 0 aromatic heterocycles. The monoisotopic (exact) mass is 285 g/mol. The fraction of sp³-hybridized carbons (Fsp3) is 0.625. The number of nitrogens with one attached hydrogen (secondary N) is 1. The molecular weight excluding hydrogens is 263 g/mol. The van der Waals surface area contributed by atoms with Gasteiger partial charge in [-0.15, -0.1) is 0 Å². The van der Waals surface area contributed by atoms with Gasteiger partial charge in [0.2, 0.25) is 0 Å². The van der Waals surface area contributed by atoms with Crippen molar-refractivity contribution in [2.24, 2.45) is 5.92 Å². The van der Waals surface area contributed by atoms with Gasteiger partial charge in [-0.05, 0) is 43.4 Å². The van der Waals surface area contributed by atoms with Crippen molar-refractivity contribution in [3.05, 3.63) is 35.4 Å². The van der Waals surface area contributed by atoms with E-state index in [1.54, 1.807) is 0 Å². The van der Waals surface area contributed by atoms with Crippen molar-refractivity contribution in [2.75, 3.05) is 6.54 Å². The molecule has 1 fully saturated rings. The van der Waals surface area contributed by atoms with Gasteiger partial charge in [-0.25, -0.2) is 0 Å². The van der Waals surface area contributed by atoms with E-state index in [0.29, 0.717) is 12.0 Å². The zero-order chi connectivity index (χ0) is 14.6. The van der Waals surface area contributed by atoms with Crippen LogP contribution in [0.15, 0.2) is 24.3 Å². The summed E-state index contributed by atoms with van der Waals surface area (Å²) in [7, 11) is 0. The first-order valence-electron chi connectivity index (χ1n) is 7.40. The summed E-state index contributed by atoms with van der Waals surface area (Å²) in [4.78, 5) is 0. The van der Waals surface area contributed by atoms with Crippen LogP contribution in [0.5, 0.6) is 0 Å². The molecule has 1 aliphatic carbocycles. The first-order valence-corrected chi connectivity index (χ1v) is 7.40. The summed E-state index contributed by atoms with van der Waals surface area (Å²) >= 11 is 0. The van der Waals surface area contributed by atoms with Crippen molar-refractivity contribution in [3.63, 3.8) is 0 Å². The Labute approximate surface area is 118 Å². The molecule has 0 radical (unpaired) electrons. The third-order valence-corrected chi connectivity index (χ3v) is 4.13. The van der Waals surface area contributed by atoms with E-state index in [4.69, 9.17) is 0 Å². The van der Waals surface area contributed by atoms with Crippen LogP contribution >= 0.6 is 0 Å². The molecule has 20 heavy (non-hydrogen) atoms. The number of hydrogen-bond acceptors (Lipinski definition) is 1. The predicted octanol–water partition coefficient (Wildman–Crippen LogP) is 4.42. The lowest BCUT2D eigenvalue weighted by atomic mass is 9.80. The molecule has 1 aliphatic rings. The lowest BCUT2D eigenvalue weighted by Crippen LogP contribution is -2.39. The molecule has 0 spiro atoms. The average molecular weight is 285 g/mol. The van der Waals surface area contributed by atoms with Gasteiger partial charge in [0.1, 0.15) is 0 Å². The quantitative estimate of drug-likeness (QED) is 0.863. The van der Waals surface area contributed by atoms with Crippen LogP contribution in [0, 0.1) is 5.92 Å². The van der Waals surface area contributed by atoms with Gasteiger partial charge in [0.25, 0.3) is 0 Å². The molecule has 0 amide bonds. The molecular formula is C16H22F3N. The summed E-state index contributed by atoms with van der Waals surface area (Å²) in [5.41, 5.74) is 0.264. The topological polar surface area (TPSA) is 12.0 Å². The minimum Gasteiger partial charge on any atom is -0.314 e. The van der Waals surface area contributed by atoms with Gasteiger partial charge < -0.3 is 5.32 Å². The normalized spacial score (nSPS) is 23.8. The predicted molar refractivity (Wildman–Crippen MR) is 74.6 cm³/mol. The zero-order valence-electron chi connectivity index (χ0n) is 11.8. The molecule has 1 nitrogen and oxygen atoms in total. The van der Waals surface area contributed by atoms with Crippen LogP contribution < -0.4 is 5.32 Å². The Hall–Kier alpha value is -1.03. The first-order chi connectivity index (χ1) is 9.50. The Kier molecular flexibility index (Phi) is 5.08. The highest BCUT2D eigenvalue weighted by atomic mass is 19.4. The Bertz CT molecular complexity index is 426. The maximum Gasteiger partial charge on any atom is 0.416 e. The van der Waals surface area contributed by atoms with Crippen molar-refractivity contribution in [3.8, 4) is 0 Å². The minimum atomic E-state index is -4.25. The molecule has 1 aromatic rings. The fourth-order valence-corrected chi connectivity index (χ4v) is 3.16. The summed E-state index contributed by atoms with van der Waals surface area (Å²) in [5, 5.41) is 3.48. The molecule has 0 aliphatic heterocycles. The maximum absolute atomic E-state index is 12.7. The molecule has 112 valence electrons. The molecule has 0 bridgehead atoms. The number of halogens is 3. The van der Waals surface area contributed by atoms with E-state index in [1.807, 2.05) is 6.07 Å². The lowest BCUT2D eigenvalue weighted by Gasteiger charge is -2.32. The smallest absolute Gasteiger partial charge is 0.314 e. The van der Waals surface area contributed by atoms with Gasteiger partial charge in [-0.3, -0.25) is 0 Å². The van der Waals surface area contributed by atoms with Crippen LogP contribution in [0.4, 0.5) is 13.2 Å². The second kappa shape index (κ2) is 6.61. The molecule has 1 saturated carbocycles. The van der Waals surface area contributed by atoms with Crippen LogP contribution in [-0.2, 0) is 12.6 Å². The van der Waals surface area contributed by atoms with Gasteiger partial charge in [0.15, 0.2) is 0 Å². The number of alkyl halides is 3. The number of benzene rings is 1. The van der Waals surface area contributed by atoms with E-state index in [2.05, 4.69) is 12.2 Å². The van der Waals surface area contributed by atoms with Crippen LogP contribution in [0.1, 0.15) is 43.7 Å². The van der Waals surface area contributed by atoms with Crippen molar-refractivity contribution >= 4 is 0 Å². The molecule has 0 heterocycles. The minimum absolute atomic E-state index is 0.447. The summed E-state index contributed by atoms with van der Waals surface area (Å²) < 4.78 is 38.2. The van der Waals surface area contributed by atoms with Crippen LogP contribution in [-0.4, -0.2) is 12.6 Å². The highest BCUT2D eigenvalue weighted by Gasteiger charge is 2.31. The molecule has 2 unspecified atom stereocenters. The van der Waals surface area contributed by atoms with Gasteiger partial charge in [-0.2, -0.15) is 13.2 Å². The Morgan fingerprint density at radius 2 is 1.95 bits per heavy atom. The molecule has 4 heteroatoms. The summed E-state index contributed by atoms with van der Waals surface area (Å²) in [6.07, 6.45) is 1.14. The Balaban J connectivity index is 2.08. The van der Waals surface area contributed by atoms with Gasteiger partial charge in [0, 0.05) is 6.04 Å². The second-order valence-electron chi connectivity index (χ2n) is 5.61. The van der Waals surface area contributed by atoms with E-state index in [-0.39, 0.29) is 0 Å². The van der Waals surface area contributed by atoms with E-state index in [1.165, 1.54) is 25.0 Å². The summed E-state index contributed by atoms with van der Waals surface area (Å²) in [6, 6.07) is 6.23. The molecule has 0 saturated heterocycles. The van der Waals surface area contributed by atoms with E-state index < -0.39 is 11.7 Å². The van der Waals surface area contributed by atoms with Crippen molar-refractivity contribution in [1.82, 2.24) is 5.32 Å². The molecule has 1 N–H and O–H groups in total. The van der Waals surface area contributed by atoms with Gasteiger partial charge in [-0.1, -0.05) is 38.0 Å². The summed E-state index contributed by atoms with van der Waals surface area (Å²) in [6.45, 7) is 3.00. The molecule has 2 atom stereocenters. The highest BCUT2D eigenvalue weighted by molar-refractivity contribution is 5.26. The fourth-order valence-electron chi connectivity index (χ4n) is 3.16.